The molecule has 0 saturated heterocycles. The SMILES string of the molecule is N/C(=N/O)c1cc(F)cc(COc2cncc(Br)c2)c1. The maximum atomic E-state index is 13.4. The standard InChI is InChI=1S/C13H11BrFN3O2/c14-10-4-12(6-17-5-10)20-7-8-1-9(13(16)18-19)3-11(15)2-8/h1-6,19H,7H2,(H2,16,18). The monoisotopic (exact) mass is 339 g/mol. The zero-order valence-electron chi connectivity index (χ0n) is 10.3. The molecule has 1 aromatic heterocycles. The average Bonchev–Trinajstić information content (AvgIpc) is 2.44. The summed E-state index contributed by atoms with van der Waals surface area (Å²) in [6.07, 6.45) is 3.18. The van der Waals surface area contributed by atoms with E-state index in [4.69, 9.17) is 15.7 Å². The number of hydrogen-bond donors (Lipinski definition) is 2. The minimum Gasteiger partial charge on any atom is -0.487 e. The molecule has 2 rings (SSSR count). The van der Waals surface area contributed by atoms with E-state index in [0.29, 0.717) is 16.9 Å². The van der Waals surface area contributed by atoms with Crippen LogP contribution in [0.3, 0.4) is 0 Å². The van der Waals surface area contributed by atoms with Crippen LogP contribution in [0.2, 0.25) is 0 Å². The molecule has 20 heavy (non-hydrogen) atoms. The van der Waals surface area contributed by atoms with Gasteiger partial charge in [-0.3, -0.25) is 4.98 Å². The van der Waals surface area contributed by atoms with Crippen LogP contribution in [-0.2, 0) is 6.61 Å². The highest BCUT2D eigenvalue weighted by atomic mass is 79.9. The summed E-state index contributed by atoms with van der Waals surface area (Å²) < 4.78 is 19.7. The zero-order valence-corrected chi connectivity index (χ0v) is 11.8. The lowest BCUT2D eigenvalue weighted by Gasteiger charge is -2.08. The first-order valence-electron chi connectivity index (χ1n) is 5.59. The lowest BCUT2D eigenvalue weighted by Crippen LogP contribution is -2.14. The summed E-state index contributed by atoms with van der Waals surface area (Å²) in [4.78, 5) is 3.95. The van der Waals surface area contributed by atoms with Crippen molar-refractivity contribution in [3.63, 3.8) is 0 Å². The number of nitrogens with two attached hydrogens (primary N) is 1. The number of hydrogen-bond acceptors (Lipinski definition) is 4. The predicted molar refractivity (Wildman–Crippen MR) is 75.2 cm³/mol. The van der Waals surface area contributed by atoms with Crippen LogP contribution in [-0.4, -0.2) is 16.0 Å². The lowest BCUT2D eigenvalue weighted by molar-refractivity contribution is 0.304. The molecule has 5 nitrogen and oxygen atoms in total. The third-order valence-electron chi connectivity index (χ3n) is 2.45. The van der Waals surface area contributed by atoms with Gasteiger partial charge in [-0.05, 0) is 45.8 Å². The van der Waals surface area contributed by atoms with E-state index in [0.717, 1.165) is 4.47 Å². The van der Waals surface area contributed by atoms with Gasteiger partial charge in [-0.15, -0.1) is 0 Å². The van der Waals surface area contributed by atoms with Crippen LogP contribution in [0.15, 0.2) is 46.3 Å². The van der Waals surface area contributed by atoms with Gasteiger partial charge in [0, 0.05) is 16.2 Å². The molecule has 1 heterocycles. The molecular weight excluding hydrogens is 329 g/mol. The Hall–Kier alpha value is -2.15. The van der Waals surface area contributed by atoms with Crippen LogP contribution in [0.25, 0.3) is 0 Å². The number of nitrogens with zero attached hydrogens (tertiary/aromatic N) is 2. The summed E-state index contributed by atoms with van der Waals surface area (Å²) in [7, 11) is 0. The van der Waals surface area contributed by atoms with Crippen LogP contribution < -0.4 is 10.5 Å². The van der Waals surface area contributed by atoms with E-state index in [1.165, 1.54) is 12.1 Å². The van der Waals surface area contributed by atoms with Crippen molar-refractivity contribution in [2.75, 3.05) is 0 Å². The first-order valence-corrected chi connectivity index (χ1v) is 6.38. The van der Waals surface area contributed by atoms with Crippen molar-refractivity contribution in [3.8, 4) is 5.75 Å². The van der Waals surface area contributed by atoms with E-state index in [2.05, 4.69) is 26.1 Å². The Morgan fingerprint density at radius 3 is 2.85 bits per heavy atom. The molecular formula is C13H11BrFN3O2. The number of halogens is 2. The molecule has 0 aliphatic rings. The molecule has 0 spiro atoms. The average molecular weight is 340 g/mol. The van der Waals surface area contributed by atoms with Gasteiger partial charge in [-0.1, -0.05) is 5.16 Å². The topological polar surface area (TPSA) is 80.7 Å². The van der Waals surface area contributed by atoms with Crippen molar-refractivity contribution >= 4 is 21.8 Å². The predicted octanol–water partition coefficient (Wildman–Crippen LogP) is 2.66. The van der Waals surface area contributed by atoms with Crippen LogP contribution in [0, 0.1) is 5.82 Å². The van der Waals surface area contributed by atoms with Gasteiger partial charge in [0.25, 0.3) is 0 Å². The molecule has 0 radical (unpaired) electrons. The van der Waals surface area contributed by atoms with Gasteiger partial charge in [-0.25, -0.2) is 4.39 Å². The van der Waals surface area contributed by atoms with E-state index in [-0.39, 0.29) is 12.4 Å². The summed E-state index contributed by atoms with van der Waals surface area (Å²) in [5.41, 5.74) is 6.29. The number of oxime groups is 1. The summed E-state index contributed by atoms with van der Waals surface area (Å²) in [5.74, 6) is -0.0936. The second-order valence-corrected chi connectivity index (χ2v) is 4.88. The van der Waals surface area contributed by atoms with Crippen molar-refractivity contribution in [1.29, 1.82) is 0 Å². The van der Waals surface area contributed by atoms with E-state index < -0.39 is 5.82 Å². The molecule has 0 atom stereocenters. The van der Waals surface area contributed by atoms with Crippen LogP contribution in [0.4, 0.5) is 4.39 Å². The minimum absolute atomic E-state index is 0.140. The molecule has 0 aliphatic heterocycles. The molecule has 0 amide bonds. The Bertz CT molecular complexity index is 649. The fourth-order valence-corrected chi connectivity index (χ4v) is 1.92. The first-order chi connectivity index (χ1) is 9.58. The van der Waals surface area contributed by atoms with Gasteiger partial charge in [0.15, 0.2) is 5.84 Å². The smallest absolute Gasteiger partial charge is 0.170 e. The molecule has 0 aliphatic carbocycles. The summed E-state index contributed by atoms with van der Waals surface area (Å²) in [5, 5.41) is 11.4. The highest BCUT2D eigenvalue weighted by Crippen LogP contribution is 2.18. The Balaban J connectivity index is 2.15. The molecule has 1 aromatic carbocycles. The Labute approximate surface area is 123 Å². The number of ether oxygens (including phenoxy) is 1. The third kappa shape index (κ3) is 3.67. The maximum Gasteiger partial charge on any atom is 0.170 e. The molecule has 2 aromatic rings. The largest absolute Gasteiger partial charge is 0.487 e. The van der Waals surface area contributed by atoms with Gasteiger partial charge < -0.3 is 15.7 Å². The quantitative estimate of drug-likeness (QED) is 0.388. The molecule has 3 N–H and O–H groups in total. The fraction of sp³-hybridized carbons (Fsp3) is 0.0769. The van der Waals surface area contributed by atoms with Gasteiger partial charge in [0.2, 0.25) is 0 Å². The van der Waals surface area contributed by atoms with E-state index >= 15 is 0 Å². The Kier molecular flexibility index (Phi) is 4.52. The number of amidine groups is 1. The second-order valence-electron chi connectivity index (χ2n) is 3.96. The molecule has 7 heteroatoms. The zero-order chi connectivity index (χ0) is 14.5. The highest BCUT2D eigenvalue weighted by Gasteiger charge is 2.06. The second kappa shape index (κ2) is 6.33. The molecule has 0 bridgehead atoms. The molecule has 0 unspecified atom stereocenters. The van der Waals surface area contributed by atoms with Gasteiger partial charge in [0.05, 0.1) is 6.20 Å². The summed E-state index contributed by atoms with van der Waals surface area (Å²) in [6, 6.07) is 5.83. The van der Waals surface area contributed by atoms with Crippen molar-refractivity contribution in [2.45, 2.75) is 6.61 Å². The normalized spacial score (nSPS) is 11.4. The van der Waals surface area contributed by atoms with Crippen LogP contribution >= 0.6 is 15.9 Å². The van der Waals surface area contributed by atoms with E-state index in [1.54, 1.807) is 24.5 Å². The lowest BCUT2D eigenvalue weighted by atomic mass is 10.1. The number of rotatable bonds is 4. The first kappa shape index (κ1) is 14.3. The van der Waals surface area contributed by atoms with Crippen molar-refractivity contribution < 1.29 is 14.3 Å². The minimum atomic E-state index is -0.486. The number of pyridine rings is 1. The van der Waals surface area contributed by atoms with E-state index in [9.17, 15) is 4.39 Å². The fourth-order valence-electron chi connectivity index (χ4n) is 1.58. The van der Waals surface area contributed by atoms with Crippen molar-refractivity contribution in [3.05, 3.63) is 58.1 Å². The van der Waals surface area contributed by atoms with Crippen LogP contribution in [0.5, 0.6) is 5.75 Å². The Morgan fingerprint density at radius 1 is 1.35 bits per heavy atom. The molecule has 0 fully saturated rings. The third-order valence-corrected chi connectivity index (χ3v) is 2.88. The Morgan fingerprint density at radius 2 is 2.15 bits per heavy atom. The number of benzene rings is 1. The highest BCUT2D eigenvalue weighted by molar-refractivity contribution is 9.10. The molecule has 104 valence electrons. The van der Waals surface area contributed by atoms with Gasteiger partial charge in [0.1, 0.15) is 18.2 Å². The van der Waals surface area contributed by atoms with Crippen LogP contribution in [0.1, 0.15) is 11.1 Å². The number of aromatic nitrogens is 1. The van der Waals surface area contributed by atoms with Crippen molar-refractivity contribution in [1.82, 2.24) is 4.98 Å². The van der Waals surface area contributed by atoms with Gasteiger partial charge in [-0.2, -0.15) is 0 Å². The summed E-state index contributed by atoms with van der Waals surface area (Å²) in [6.45, 7) is 0.140. The summed E-state index contributed by atoms with van der Waals surface area (Å²) >= 11 is 3.28. The maximum absolute atomic E-state index is 13.4. The van der Waals surface area contributed by atoms with Gasteiger partial charge >= 0.3 is 0 Å². The molecule has 0 saturated carbocycles. The van der Waals surface area contributed by atoms with Crippen molar-refractivity contribution in [2.24, 2.45) is 10.9 Å². The van der Waals surface area contributed by atoms with E-state index in [1.807, 2.05) is 0 Å².